The van der Waals surface area contributed by atoms with Gasteiger partial charge in [0.1, 0.15) is 11.9 Å². The number of hydrogen-bond donors (Lipinski definition) is 0. The molecule has 1 unspecified atom stereocenters. The molecule has 1 atom stereocenters. The highest BCUT2D eigenvalue weighted by molar-refractivity contribution is 5.74. The summed E-state index contributed by atoms with van der Waals surface area (Å²) in [5.74, 6) is 1.29. The number of alkyl halides is 1. The van der Waals surface area contributed by atoms with Crippen LogP contribution in [0.25, 0.3) is 11.4 Å². The Kier molecular flexibility index (Phi) is 13.6. The van der Waals surface area contributed by atoms with Gasteiger partial charge >= 0.3 is 5.97 Å². The summed E-state index contributed by atoms with van der Waals surface area (Å²) in [6, 6.07) is 7.94. The Morgan fingerprint density at radius 2 is 1.53 bits per heavy atom. The first-order valence-corrected chi connectivity index (χ1v) is 15.0. The molecule has 5 nitrogen and oxygen atoms in total. The molecule has 0 spiro atoms. The largest absolute Gasteiger partial charge is 0.493 e. The molecule has 3 rings (SSSR count). The van der Waals surface area contributed by atoms with Crippen LogP contribution in [0.5, 0.6) is 5.75 Å². The molecule has 2 aromatic rings. The van der Waals surface area contributed by atoms with Crippen LogP contribution < -0.4 is 4.74 Å². The van der Waals surface area contributed by atoms with Crippen LogP contribution >= 0.6 is 0 Å². The van der Waals surface area contributed by atoms with Gasteiger partial charge in [-0.3, -0.25) is 0 Å². The third-order valence-corrected chi connectivity index (χ3v) is 7.52. The first kappa shape index (κ1) is 30.0. The molecule has 0 bridgehead atoms. The Morgan fingerprint density at radius 1 is 0.895 bits per heavy atom. The van der Waals surface area contributed by atoms with E-state index in [1.807, 2.05) is 43.6 Å². The number of rotatable bonds is 17. The fourth-order valence-electron chi connectivity index (χ4n) is 4.99. The number of esters is 1. The maximum absolute atomic E-state index is 13.9. The number of hydrogen-bond acceptors (Lipinski definition) is 5. The summed E-state index contributed by atoms with van der Waals surface area (Å²) in [7, 11) is 0. The standard InChI is InChI=1S/C32H47FN2O3/c1-3-5-7-8-9-10-11-12-26-22-34-31(35-23-26)27-16-20-28(21-17-27)37-24-25-14-18-29(19-15-25)38-32(36)30(33)13-6-4-2/h16-17,20-23,25,29-30H,3-15,18-19,24H2,1-2H3. The Bertz CT molecular complexity index is 911. The van der Waals surface area contributed by atoms with Crippen molar-refractivity contribution in [2.75, 3.05) is 6.61 Å². The van der Waals surface area contributed by atoms with Crippen LogP contribution in [-0.4, -0.2) is 34.8 Å². The minimum absolute atomic E-state index is 0.167. The lowest BCUT2D eigenvalue weighted by molar-refractivity contribution is -0.157. The number of aromatic nitrogens is 2. The van der Waals surface area contributed by atoms with Crippen LogP contribution in [0.3, 0.4) is 0 Å². The smallest absolute Gasteiger partial charge is 0.340 e. The Morgan fingerprint density at radius 3 is 2.18 bits per heavy atom. The number of aryl methyl sites for hydroxylation is 1. The van der Waals surface area contributed by atoms with Crippen molar-refractivity contribution in [2.24, 2.45) is 5.92 Å². The maximum atomic E-state index is 13.9. The van der Waals surface area contributed by atoms with Gasteiger partial charge in [0.2, 0.25) is 0 Å². The van der Waals surface area contributed by atoms with E-state index >= 15 is 0 Å². The third kappa shape index (κ3) is 10.7. The molecule has 1 heterocycles. The van der Waals surface area contributed by atoms with E-state index < -0.39 is 12.1 Å². The van der Waals surface area contributed by atoms with Gasteiger partial charge < -0.3 is 9.47 Å². The molecule has 1 aliphatic rings. The quantitative estimate of drug-likeness (QED) is 0.153. The first-order chi connectivity index (χ1) is 18.6. The number of carbonyl (C=O) groups is 1. The van der Waals surface area contributed by atoms with E-state index in [9.17, 15) is 9.18 Å². The van der Waals surface area contributed by atoms with Gasteiger partial charge in [-0.2, -0.15) is 0 Å². The highest BCUT2D eigenvalue weighted by Gasteiger charge is 2.27. The predicted molar refractivity (Wildman–Crippen MR) is 151 cm³/mol. The zero-order chi connectivity index (χ0) is 27.0. The Balaban J connectivity index is 1.33. The monoisotopic (exact) mass is 526 g/mol. The van der Waals surface area contributed by atoms with Gasteiger partial charge in [-0.05, 0) is 80.7 Å². The van der Waals surface area contributed by atoms with Crippen molar-refractivity contribution < 1.29 is 18.7 Å². The normalized spacial score (nSPS) is 18.2. The summed E-state index contributed by atoms with van der Waals surface area (Å²) < 4.78 is 25.3. The number of ether oxygens (including phenoxy) is 2. The SMILES string of the molecule is CCCCCCCCCc1cnc(-c2ccc(OCC3CCC(OC(=O)C(F)CCCC)CC3)cc2)nc1. The van der Waals surface area contributed by atoms with E-state index in [-0.39, 0.29) is 12.5 Å². The molecule has 6 heteroatoms. The molecule has 1 fully saturated rings. The highest BCUT2D eigenvalue weighted by Crippen LogP contribution is 2.28. The lowest BCUT2D eigenvalue weighted by atomic mass is 9.88. The highest BCUT2D eigenvalue weighted by atomic mass is 19.1. The van der Waals surface area contributed by atoms with E-state index in [1.54, 1.807) is 0 Å². The number of carbonyl (C=O) groups excluding carboxylic acids is 1. The van der Waals surface area contributed by atoms with E-state index in [0.29, 0.717) is 18.9 Å². The fraction of sp³-hybridized carbons (Fsp3) is 0.656. The minimum Gasteiger partial charge on any atom is -0.493 e. The average molecular weight is 527 g/mol. The molecule has 1 aliphatic carbocycles. The van der Waals surface area contributed by atoms with Crippen molar-refractivity contribution in [1.29, 1.82) is 0 Å². The van der Waals surface area contributed by atoms with Gasteiger partial charge in [-0.25, -0.2) is 19.2 Å². The number of benzene rings is 1. The molecule has 0 amide bonds. The molecular formula is C32H47FN2O3. The van der Waals surface area contributed by atoms with E-state index in [4.69, 9.17) is 9.47 Å². The number of halogens is 1. The molecule has 1 aromatic heterocycles. The van der Waals surface area contributed by atoms with Crippen molar-refractivity contribution in [3.05, 3.63) is 42.2 Å². The zero-order valence-corrected chi connectivity index (χ0v) is 23.5. The topological polar surface area (TPSA) is 61.3 Å². The fourth-order valence-corrected chi connectivity index (χ4v) is 4.99. The summed E-state index contributed by atoms with van der Waals surface area (Å²) in [5.41, 5.74) is 2.18. The van der Waals surface area contributed by atoms with Crippen LogP contribution in [-0.2, 0) is 16.0 Å². The summed E-state index contributed by atoms with van der Waals surface area (Å²) in [6.07, 6.45) is 17.7. The van der Waals surface area contributed by atoms with Crippen molar-refractivity contribution >= 4 is 5.97 Å². The Labute approximate surface area is 229 Å². The van der Waals surface area contributed by atoms with Crippen LogP contribution in [0.4, 0.5) is 4.39 Å². The van der Waals surface area contributed by atoms with Crippen LogP contribution in [0.1, 0.15) is 109 Å². The maximum Gasteiger partial charge on any atom is 0.340 e. The van der Waals surface area contributed by atoms with Gasteiger partial charge in [0.25, 0.3) is 0 Å². The second-order valence-corrected chi connectivity index (χ2v) is 10.8. The summed E-state index contributed by atoms with van der Waals surface area (Å²) in [5, 5.41) is 0. The molecule has 210 valence electrons. The molecule has 38 heavy (non-hydrogen) atoms. The van der Waals surface area contributed by atoms with Crippen LogP contribution in [0.15, 0.2) is 36.7 Å². The molecule has 1 aromatic carbocycles. The lowest BCUT2D eigenvalue weighted by Gasteiger charge is -2.28. The summed E-state index contributed by atoms with van der Waals surface area (Å²) in [6.45, 7) is 4.87. The van der Waals surface area contributed by atoms with Gasteiger partial charge in [0.05, 0.1) is 6.61 Å². The van der Waals surface area contributed by atoms with Crippen molar-refractivity contribution in [2.45, 2.75) is 122 Å². The van der Waals surface area contributed by atoms with Gasteiger partial charge in [0, 0.05) is 18.0 Å². The zero-order valence-electron chi connectivity index (χ0n) is 23.5. The van der Waals surface area contributed by atoms with Crippen LogP contribution in [0.2, 0.25) is 0 Å². The van der Waals surface area contributed by atoms with Gasteiger partial charge in [0.15, 0.2) is 12.0 Å². The molecule has 0 aliphatic heterocycles. The number of nitrogens with zero attached hydrogens (tertiary/aromatic N) is 2. The third-order valence-electron chi connectivity index (χ3n) is 7.52. The molecule has 1 saturated carbocycles. The number of unbranched alkanes of at least 4 members (excludes halogenated alkanes) is 7. The Hall–Kier alpha value is -2.50. The van der Waals surface area contributed by atoms with Crippen molar-refractivity contribution in [1.82, 2.24) is 9.97 Å². The molecule has 0 radical (unpaired) electrons. The molecular weight excluding hydrogens is 479 g/mol. The molecule has 0 N–H and O–H groups in total. The summed E-state index contributed by atoms with van der Waals surface area (Å²) >= 11 is 0. The van der Waals surface area contributed by atoms with E-state index in [2.05, 4.69) is 16.9 Å². The lowest BCUT2D eigenvalue weighted by Crippen LogP contribution is -2.30. The minimum atomic E-state index is -1.49. The van der Waals surface area contributed by atoms with Crippen molar-refractivity contribution in [3.8, 4) is 17.1 Å². The van der Waals surface area contributed by atoms with Crippen molar-refractivity contribution in [3.63, 3.8) is 0 Å². The predicted octanol–water partition coefficient (Wildman–Crippen LogP) is 8.45. The first-order valence-electron chi connectivity index (χ1n) is 15.0. The summed E-state index contributed by atoms with van der Waals surface area (Å²) in [4.78, 5) is 21.1. The average Bonchev–Trinajstić information content (AvgIpc) is 2.95. The second-order valence-electron chi connectivity index (χ2n) is 10.8. The van der Waals surface area contributed by atoms with E-state index in [1.165, 1.54) is 50.5 Å². The molecule has 0 saturated heterocycles. The second kappa shape index (κ2) is 17.2. The van der Waals surface area contributed by atoms with Crippen LogP contribution in [0, 0.1) is 5.92 Å². The van der Waals surface area contributed by atoms with Gasteiger partial charge in [-0.15, -0.1) is 0 Å². The van der Waals surface area contributed by atoms with Gasteiger partial charge in [-0.1, -0.05) is 65.2 Å². The van der Waals surface area contributed by atoms with E-state index in [0.717, 1.165) is 55.7 Å².